The third-order valence-corrected chi connectivity index (χ3v) is 7.18. The van der Waals surface area contributed by atoms with Gasteiger partial charge in [-0.15, -0.1) is 24.8 Å². The average Bonchev–Trinajstić information content (AvgIpc) is 3.14. The van der Waals surface area contributed by atoms with Gasteiger partial charge in [-0.3, -0.25) is 4.90 Å². The van der Waals surface area contributed by atoms with Gasteiger partial charge in [0.2, 0.25) is 16.0 Å². The van der Waals surface area contributed by atoms with Crippen molar-refractivity contribution in [3.63, 3.8) is 0 Å². The number of hydrogen-bond donors (Lipinski definition) is 3. The van der Waals surface area contributed by atoms with Crippen molar-refractivity contribution in [3.05, 3.63) is 48.8 Å². The van der Waals surface area contributed by atoms with Crippen LogP contribution in [0.4, 0.5) is 5.95 Å². The van der Waals surface area contributed by atoms with Crippen molar-refractivity contribution in [3.8, 4) is 0 Å². The smallest absolute Gasteiger partial charge is 0.240 e. The van der Waals surface area contributed by atoms with Gasteiger partial charge in [0.25, 0.3) is 0 Å². The Morgan fingerprint density at radius 3 is 2.24 bits per heavy atom. The number of benzene rings is 1. The fourth-order valence-electron chi connectivity index (χ4n) is 4.15. The first kappa shape index (κ1) is 27.7. The number of aliphatic hydroxyl groups excluding tert-OH is 2. The molecule has 0 bridgehead atoms. The molecule has 0 saturated carbocycles. The highest BCUT2D eigenvalue weighted by atomic mass is 35.5. The van der Waals surface area contributed by atoms with Crippen LogP contribution >= 0.6 is 24.8 Å². The molecule has 2 aliphatic rings. The molecule has 1 aromatic heterocycles. The van der Waals surface area contributed by atoms with E-state index in [0.29, 0.717) is 32.1 Å². The van der Waals surface area contributed by atoms with Gasteiger partial charge < -0.3 is 19.8 Å². The molecule has 3 N–H and O–H groups in total. The van der Waals surface area contributed by atoms with Crippen molar-refractivity contribution in [2.24, 2.45) is 0 Å². The highest BCUT2D eigenvalue weighted by Gasteiger charge is 2.47. The number of aromatic nitrogens is 2. The van der Waals surface area contributed by atoms with E-state index in [4.69, 9.17) is 4.74 Å². The van der Waals surface area contributed by atoms with Crippen LogP contribution in [-0.4, -0.2) is 97.2 Å². The molecule has 2 saturated heterocycles. The zero-order valence-electron chi connectivity index (χ0n) is 17.8. The number of anilines is 1. The van der Waals surface area contributed by atoms with Crippen LogP contribution in [0.1, 0.15) is 0 Å². The Morgan fingerprint density at radius 2 is 1.64 bits per heavy atom. The largest absolute Gasteiger partial charge is 0.394 e. The average molecular weight is 522 g/mol. The molecule has 0 unspecified atom stereocenters. The van der Waals surface area contributed by atoms with Crippen LogP contribution in [0.5, 0.6) is 0 Å². The molecule has 2 aromatic rings. The summed E-state index contributed by atoms with van der Waals surface area (Å²) in [7, 11) is -3.71. The molecule has 2 fully saturated rings. The highest BCUT2D eigenvalue weighted by molar-refractivity contribution is 7.89. The van der Waals surface area contributed by atoms with E-state index in [9.17, 15) is 18.6 Å². The zero-order chi connectivity index (χ0) is 21.8. The van der Waals surface area contributed by atoms with Crippen LogP contribution < -0.4 is 9.62 Å². The molecule has 184 valence electrons. The number of rotatable bonds is 7. The number of hydrogen-bond acceptors (Lipinski definition) is 9. The monoisotopic (exact) mass is 521 g/mol. The molecule has 4 rings (SSSR count). The van der Waals surface area contributed by atoms with Crippen LogP contribution in [0, 0.1) is 0 Å². The maximum absolute atomic E-state index is 12.6. The molecular formula is C20H29Cl2N5O5S. The summed E-state index contributed by atoms with van der Waals surface area (Å²) in [6, 6.07) is 9.43. The normalized spacial score (nSPS) is 25.8. The summed E-state index contributed by atoms with van der Waals surface area (Å²) in [5.74, 6) is 0.658. The molecule has 10 nitrogen and oxygen atoms in total. The van der Waals surface area contributed by atoms with Crippen molar-refractivity contribution < 1.29 is 23.4 Å². The molecule has 0 spiro atoms. The molecule has 33 heavy (non-hydrogen) atoms. The van der Waals surface area contributed by atoms with E-state index in [1.807, 2.05) is 0 Å². The number of aliphatic hydroxyl groups is 2. The van der Waals surface area contributed by atoms with Gasteiger partial charge >= 0.3 is 0 Å². The van der Waals surface area contributed by atoms with E-state index in [1.54, 1.807) is 36.7 Å². The summed E-state index contributed by atoms with van der Waals surface area (Å²) in [4.78, 5) is 12.9. The number of sulfonamides is 1. The Hall–Kier alpha value is -1.57. The SMILES string of the molecule is Cl.Cl.O=S(=O)(NC[C@H]1O[C@@H](CO)[C@@H](O)[C@H]1N1CCN(c2ncccn2)CC1)c1ccccc1. The summed E-state index contributed by atoms with van der Waals surface area (Å²) >= 11 is 0. The number of nitrogens with one attached hydrogen (secondary N) is 1. The fourth-order valence-corrected chi connectivity index (χ4v) is 5.21. The fraction of sp³-hybridized carbons (Fsp3) is 0.500. The van der Waals surface area contributed by atoms with Gasteiger partial charge in [0.05, 0.1) is 23.6 Å². The maximum atomic E-state index is 12.6. The van der Waals surface area contributed by atoms with Crippen LogP contribution in [0.3, 0.4) is 0 Å². The Labute approximate surface area is 205 Å². The van der Waals surface area contributed by atoms with Crippen molar-refractivity contribution in [1.29, 1.82) is 0 Å². The summed E-state index contributed by atoms with van der Waals surface area (Å²) < 4.78 is 33.6. The van der Waals surface area contributed by atoms with Gasteiger partial charge in [-0.25, -0.2) is 23.1 Å². The standard InChI is InChI=1S/C20H27N5O5S.2ClH/c26-14-17-19(27)18(24-9-11-25(12-10-24)20-21-7-4-8-22-20)16(30-17)13-23-31(28,29)15-5-2-1-3-6-15;;/h1-8,16-19,23,26-27H,9-14H2;2*1H/t16-,17+,18+,19-;;/m1../s1. The van der Waals surface area contributed by atoms with Crippen LogP contribution in [0.25, 0.3) is 0 Å². The Balaban J connectivity index is 0.00000193. The first-order valence-corrected chi connectivity index (χ1v) is 11.7. The Morgan fingerprint density at radius 1 is 1.00 bits per heavy atom. The lowest BCUT2D eigenvalue weighted by Gasteiger charge is -2.40. The number of ether oxygens (including phenoxy) is 1. The van der Waals surface area contributed by atoms with Gasteiger partial charge in [0, 0.05) is 45.1 Å². The lowest BCUT2D eigenvalue weighted by Crippen LogP contribution is -2.57. The van der Waals surface area contributed by atoms with E-state index >= 15 is 0 Å². The van der Waals surface area contributed by atoms with E-state index in [2.05, 4.69) is 24.5 Å². The lowest BCUT2D eigenvalue weighted by molar-refractivity contribution is -0.0201. The minimum absolute atomic E-state index is 0. The van der Waals surface area contributed by atoms with E-state index in [1.165, 1.54) is 12.1 Å². The summed E-state index contributed by atoms with van der Waals surface area (Å²) in [6.07, 6.45) is 1.13. The minimum Gasteiger partial charge on any atom is -0.394 e. The molecule has 0 amide bonds. The molecule has 13 heteroatoms. The van der Waals surface area contributed by atoms with Gasteiger partial charge in [0.1, 0.15) is 12.2 Å². The van der Waals surface area contributed by atoms with Crippen LogP contribution in [0.15, 0.2) is 53.7 Å². The lowest BCUT2D eigenvalue weighted by atomic mass is 10.0. The van der Waals surface area contributed by atoms with Gasteiger partial charge in [0.15, 0.2) is 0 Å². The summed E-state index contributed by atoms with van der Waals surface area (Å²) in [5, 5.41) is 20.4. The minimum atomic E-state index is -3.71. The van der Waals surface area contributed by atoms with Crippen LogP contribution in [-0.2, 0) is 14.8 Å². The second-order valence-electron chi connectivity index (χ2n) is 7.61. The topological polar surface area (TPSA) is 128 Å². The predicted molar refractivity (Wildman–Crippen MR) is 127 cm³/mol. The van der Waals surface area contributed by atoms with Crippen molar-refractivity contribution in [2.75, 3.05) is 44.2 Å². The van der Waals surface area contributed by atoms with Crippen molar-refractivity contribution in [1.82, 2.24) is 19.6 Å². The molecule has 2 aliphatic heterocycles. The molecule has 3 heterocycles. The van der Waals surface area contributed by atoms with Gasteiger partial charge in [-0.1, -0.05) is 18.2 Å². The van der Waals surface area contributed by atoms with Crippen molar-refractivity contribution >= 4 is 40.8 Å². The summed E-state index contributed by atoms with van der Waals surface area (Å²) in [6.45, 7) is 2.25. The first-order chi connectivity index (χ1) is 15.0. The molecule has 0 radical (unpaired) electrons. The molecule has 1 aromatic carbocycles. The summed E-state index contributed by atoms with van der Waals surface area (Å²) in [5.41, 5.74) is 0. The maximum Gasteiger partial charge on any atom is 0.240 e. The van der Waals surface area contributed by atoms with Crippen molar-refractivity contribution in [2.45, 2.75) is 29.2 Å². The van der Waals surface area contributed by atoms with Gasteiger partial charge in [-0.05, 0) is 18.2 Å². The second kappa shape index (κ2) is 12.2. The van der Waals surface area contributed by atoms with Crippen LogP contribution in [0.2, 0.25) is 0 Å². The molecule has 4 atom stereocenters. The quantitative estimate of drug-likeness (QED) is 0.457. The third-order valence-electron chi connectivity index (χ3n) is 5.74. The van der Waals surface area contributed by atoms with Gasteiger partial charge in [-0.2, -0.15) is 0 Å². The first-order valence-electron chi connectivity index (χ1n) is 10.2. The Kier molecular flexibility index (Phi) is 10.3. The highest BCUT2D eigenvalue weighted by Crippen LogP contribution is 2.27. The zero-order valence-corrected chi connectivity index (χ0v) is 20.3. The van der Waals surface area contributed by atoms with E-state index < -0.39 is 34.4 Å². The number of nitrogens with zero attached hydrogens (tertiary/aromatic N) is 4. The second-order valence-corrected chi connectivity index (χ2v) is 9.38. The third kappa shape index (κ3) is 6.31. The molecule has 0 aliphatic carbocycles. The number of halogens is 2. The van der Waals surface area contributed by atoms with E-state index in [0.717, 1.165) is 0 Å². The molecular weight excluding hydrogens is 493 g/mol. The Bertz CT molecular complexity index is 952. The van der Waals surface area contributed by atoms with E-state index in [-0.39, 0.29) is 42.9 Å². The predicted octanol–water partition coefficient (Wildman–Crippen LogP) is -0.0901. The number of piperazine rings is 1.